The molecule has 1 amide bonds. The van der Waals surface area contributed by atoms with Gasteiger partial charge in [-0.1, -0.05) is 41.4 Å². The Labute approximate surface area is 261 Å². The van der Waals surface area contributed by atoms with Crippen molar-refractivity contribution in [2.45, 2.75) is 49.6 Å². The first kappa shape index (κ1) is 30.2. The van der Waals surface area contributed by atoms with Crippen LogP contribution in [-0.2, 0) is 22.5 Å². The van der Waals surface area contributed by atoms with Crippen LogP contribution in [0.2, 0.25) is 10.0 Å². The van der Waals surface area contributed by atoms with Gasteiger partial charge in [-0.25, -0.2) is 0 Å². The molecule has 3 aromatic carbocycles. The highest BCUT2D eigenvalue weighted by atomic mass is 35.5. The lowest BCUT2D eigenvalue weighted by molar-refractivity contribution is -0.0835. The van der Waals surface area contributed by atoms with Gasteiger partial charge in [-0.2, -0.15) is 0 Å². The number of piperidine rings is 2. The lowest BCUT2D eigenvalue weighted by atomic mass is 9.84. The van der Waals surface area contributed by atoms with Gasteiger partial charge in [0.05, 0.1) is 23.4 Å². The summed E-state index contributed by atoms with van der Waals surface area (Å²) in [6.07, 6.45) is 1.62. The number of nitrogens with zero attached hydrogens (tertiary/aromatic N) is 2. The molecule has 0 unspecified atom stereocenters. The van der Waals surface area contributed by atoms with Crippen molar-refractivity contribution in [2.24, 2.45) is 0 Å². The molecule has 2 fully saturated rings. The Balaban J connectivity index is 1.03. The predicted molar refractivity (Wildman–Crippen MR) is 164 cm³/mol. The summed E-state index contributed by atoms with van der Waals surface area (Å²) < 4.78 is 12.2. The summed E-state index contributed by atoms with van der Waals surface area (Å²) >= 11 is 12.2. The standard InChI is InChI=1S/C33H36Cl2N2O6/c34-24-3-1-23(2-4-24)32(41)9-15-37(16-10-32)31(40)28-7-6-26(38)18-30(28)42-21-27(39)19-36-13-11-33(12-14-36)29-8-5-25(35)17-22(29)20-43-33/h1-8,17-18,27,38-39,41H,9-16,19-21H2/t27-/m1/s1. The molecule has 0 aromatic heterocycles. The molecule has 1 atom stereocenters. The Bertz CT molecular complexity index is 1470. The monoisotopic (exact) mass is 626 g/mol. The zero-order chi connectivity index (χ0) is 30.2. The molecule has 6 rings (SSSR count). The lowest BCUT2D eigenvalue weighted by Crippen LogP contribution is -2.46. The van der Waals surface area contributed by atoms with Crippen LogP contribution in [0.4, 0.5) is 0 Å². The van der Waals surface area contributed by atoms with Crippen LogP contribution in [-0.4, -0.2) is 76.5 Å². The average Bonchev–Trinajstić information content (AvgIpc) is 3.34. The first-order valence-electron chi connectivity index (χ1n) is 14.7. The number of phenolic OH excluding ortho intramolecular Hbond substituents is 1. The van der Waals surface area contributed by atoms with Crippen molar-refractivity contribution in [1.82, 2.24) is 9.80 Å². The Morgan fingerprint density at radius 3 is 2.35 bits per heavy atom. The number of benzene rings is 3. The Hall–Kier alpha value is -2.85. The third-order valence-electron chi connectivity index (χ3n) is 9.08. The van der Waals surface area contributed by atoms with E-state index in [2.05, 4.69) is 11.0 Å². The van der Waals surface area contributed by atoms with Gasteiger partial charge in [0, 0.05) is 48.8 Å². The Morgan fingerprint density at radius 2 is 1.63 bits per heavy atom. The molecule has 10 heteroatoms. The van der Waals surface area contributed by atoms with E-state index in [1.807, 2.05) is 24.3 Å². The van der Waals surface area contributed by atoms with Gasteiger partial charge in [0.25, 0.3) is 5.91 Å². The van der Waals surface area contributed by atoms with Gasteiger partial charge in [0.15, 0.2) is 0 Å². The van der Waals surface area contributed by atoms with E-state index in [0.29, 0.717) is 54.7 Å². The smallest absolute Gasteiger partial charge is 0.257 e. The number of hydrogen-bond donors (Lipinski definition) is 3. The highest BCUT2D eigenvalue weighted by Gasteiger charge is 2.43. The van der Waals surface area contributed by atoms with Gasteiger partial charge >= 0.3 is 0 Å². The van der Waals surface area contributed by atoms with Gasteiger partial charge in [0.2, 0.25) is 0 Å². The van der Waals surface area contributed by atoms with Gasteiger partial charge < -0.3 is 34.6 Å². The molecule has 0 radical (unpaired) electrons. The number of rotatable bonds is 7. The minimum Gasteiger partial charge on any atom is -0.508 e. The van der Waals surface area contributed by atoms with Gasteiger partial charge in [-0.05, 0) is 78.8 Å². The van der Waals surface area contributed by atoms with Gasteiger partial charge in [-0.3, -0.25) is 4.79 Å². The van der Waals surface area contributed by atoms with Gasteiger partial charge in [0.1, 0.15) is 24.2 Å². The maximum Gasteiger partial charge on any atom is 0.257 e. The molecule has 0 aliphatic carbocycles. The van der Waals surface area contributed by atoms with E-state index in [0.717, 1.165) is 37.1 Å². The van der Waals surface area contributed by atoms with Crippen molar-refractivity contribution in [3.63, 3.8) is 0 Å². The number of carbonyl (C=O) groups is 1. The molecule has 3 aliphatic rings. The number of aliphatic hydroxyl groups is 2. The van der Waals surface area contributed by atoms with Crippen LogP contribution in [0.25, 0.3) is 0 Å². The quantitative estimate of drug-likeness (QED) is 0.336. The van der Waals surface area contributed by atoms with E-state index in [9.17, 15) is 20.1 Å². The van der Waals surface area contributed by atoms with Crippen molar-refractivity contribution in [3.05, 3.63) is 93.0 Å². The number of carbonyl (C=O) groups excluding carboxylic acids is 1. The fraction of sp³-hybridized carbons (Fsp3) is 0.424. The molecule has 3 aromatic rings. The molecule has 2 saturated heterocycles. The number of aromatic hydroxyl groups is 1. The third-order valence-corrected chi connectivity index (χ3v) is 9.57. The van der Waals surface area contributed by atoms with Crippen LogP contribution in [0, 0.1) is 0 Å². The van der Waals surface area contributed by atoms with E-state index < -0.39 is 11.7 Å². The number of fused-ring (bicyclic) bond motifs is 2. The predicted octanol–water partition coefficient (Wildman–Crippen LogP) is 5.08. The van der Waals surface area contributed by atoms with E-state index in [1.165, 1.54) is 23.8 Å². The maximum absolute atomic E-state index is 13.5. The fourth-order valence-electron chi connectivity index (χ4n) is 6.57. The molecular formula is C33H36Cl2N2O6. The molecule has 3 aliphatic heterocycles. The zero-order valence-corrected chi connectivity index (χ0v) is 25.4. The van der Waals surface area contributed by atoms with Crippen molar-refractivity contribution in [3.8, 4) is 11.5 Å². The van der Waals surface area contributed by atoms with Crippen LogP contribution in [0.1, 0.15) is 52.7 Å². The number of likely N-dealkylation sites (tertiary alicyclic amines) is 2. The molecule has 0 bridgehead atoms. The average molecular weight is 628 g/mol. The largest absolute Gasteiger partial charge is 0.508 e. The SMILES string of the molecule is O=C(c1ccc(O)cc1OC[C@H](O)CN1CCC2(CC1)OCc1cc(Cl)ccc12)N1CCC(O)(c2ccc(Cl)cc2)CC1. The van der Waals surface area contributed by atoms with Crippen molar-refractivity contribution in [1.29, 1.82) is 0 Å². The minimum absolute atomic E-state index is 0.0282. The zero-order valence-electron chi connectivity index (χ0n) is 23.8. The second kappa shape index (κ2) is 12.3. The summed E-state index contributed by atoms with van der Waals surface area (Å²) in [6.45, 7) is 3.22. The van der Waals surface area contributed by atoms with Crippen LogP contribution >= 0.6 is 23.2 Å². The summed E-state index contributed by atoms with van der Waals surface area (Å²) in [5.74, 6) is -0.0619. The number of halogens is 2. The first-order chi connectivity index (χ1) is 20.6. The van der Waals surface area contributed by atoms with Crippen LogP contribution in [0.3, 0.4) is 0 Å². The number of aliphatic hydroxyl groups excluding tert-OH is 1. The molecule has 3 heterocycles. The first-order valence-corrected chi connectivity index (χ1v) is 15.5. The van der Waals surface area contributed by atoms with E-state index >= 15 is 0 Å². The highest BCUT2D eigenvalue weighted by Crippen LogP contribution is 2.45. The van der Waals surface area contributed by atoms with Crippen LogP contribution in [0.15, 0.2) is 60.7 Å². The Kier molecular flexibility index (Phi) is 8.61. The summed E-state index contributed by atoms with van der Waals surface area (Å²) in [5.41, 5.74) is 2.11. The number of amides is 1. The number of β-amino-alcohol motifs (C(OH)–C–C–N with tert-alkyl or cyclic N) is 1. The van der Waals surface area contributed by atoms with Crippen molar-refractivity contribution >= 4 is 29.1 Å². The molecule has 43 heavy (non-hydrogen) atoms. The lowest BCUT2D eigenvalue weighted by Gasteiger charge is -2.40. The highest BCUT2D eigenvalue weighted by molar-refractivity contribution is 6.30. The third kappa shape index (κ3) is 6.36. The fourth-order valence-corrected chi connectivity index (χ4v) is 6.89. The molecule has 228 valence electrons. The van der Waals surface area contributed by atoms with Crippen LogP contribution in [0.5, 0.6) is 11.5 Å². The maximum atomic E-state index is 13.5. The normalized spacial score (nSPS) is 20.1. The number of phenols is 1. The second-order valence-electron chi connectivity index (χ2n) is 11.9. The van der Waals surface area contributed by atoms with E-state index in [-0.39, 0.29) is 29.6 Å². The second-order valence-corrected chi connectivity index (χ2v) is 12.7. The van der Waals surface area contributed by atoms with Crippen molar-refractivity contribution in [2.75, 3.05) is 39.3 Å². The van der Waals surface area contributed by atoms with Gasteiger partial charge in [-0.15, -0.1) is 0 Å². The molecule has 0 saturated carbocycles. The summed E-state index contributed by atoms with van der Waals surface area (Å²) in [4.78, 5) is 17.4. The minimum atomic E-state index is -1.03. The van der Waals surface area contributed by atoms with E-state index in [1.54, 1.807) is 17.0 Å². The summed E-state index contributed by atoms with van der Waals surface area (Å²) in [5, 5.41) is 33.5. The van der Waals surface area contributed by atoms with Crippen molar-refractivity contribution < 1.29 is 29.6 Å². The number of ether oxygens (including phenoxy) is 2. The topological polar surface area (TPSA) is 103 Å². The summed E-state index contributed by atoms with van der Waals surface area (Å²) in [7, 11) is 0. The molecule has 8 nitrogen and oxygen atoms in total. The summed E-state index contributed by atoms with van der Waals surface area (Å²) in [6, 6.07) is 17.5. The Morgan fingerprint density at radius 1 is 0.930 bits per heavy atom. The molecule has 3 N–H and O–H groups in total. The molecular weight excluding hydrogens is 591 g/mol. The number of hydrogen-bond acceptors (Lipinski definition) is 7. The van der Waals surface area contributed by atoms with E-state index in [4.69, 9.17) is 32.7 Å². The molecule has 1 spiro atoms. The van der Waals surface area contributed by atoms with Crippen LogP contribution < -0.4 is 4.74 Å².